The lowest BCUT2D eigenvalue weighted by molar-refractivity contribution is -0.137. The number of morpholine rings is 1. The largest absolute Gasteiger partial charge is 0.418 e. The van der Waals surface area contributed by atoms with Crippen LogP contribution >= 0.6 is 0 Å². The predicted octanol–water partition coefficient (Wildman–Crippen LogP) is 3.35. The summed E-state index contributed by atoms with van der Waals surface area (Å²) in [6.45, 7) is 4.57. The van der Waals surface area contributed by atoms with Gasteiger partial charge in [0.1, 0.15) is 0 Å². The lowest BCUT2D eigenvalue weighted by Crippen LogP contribution is -2.36. The van der Waals surface area contributed by atoms with E-state index in [-0.39, 0.29) is 0 Å². The van der Waals surface area contributed by atoms with E-state index in [1.54, 1.807) is 24.4 Å². The van der Waals surface area contributed by atoms with Crippen LogP contribution in [-0.2, 0) is 10.9 Å². The van der Waals surface area contributed by atoms with Crippen molar-refractivity contribution in [2.45, 2.75) is 13.1 Å². The maximum Gasteiger partial charge on any atom is 0.418 e. The highest BCUT2D eigenvalue weighted by atomic mass is 19.4. The van der Waals surface area contributed by atoms with E-state index in [2.05, 4.69) is 30.6 Å². The molecule has 0 bridgehead atoms. The van der Waals surface area contributed by atoms with Gasteiger partial charge in [-0.2, -0.15) is 23.4 Å². The number of anilines is 2. The summed E-state index contributed by atoms with van der Waals surface area (Å²) in [5.74, 6) is -0.0702. The fourth-order valence-corrected chi connectivity index (χ4v) is 3.29. The van der Waals surface area contributed by atoms with Gasteiger partial charge in [-0.3, -0.25) is 4.79 Å². The lowest BCUT2D eigenvalue weighted by Gasteiger charge is -2.27. The summed E-state index contributed by atoms with van der Waals surface area (Å²) in [6, 6.07) is 7.77. The number of carbonyl (C=O) groups excluding carboxylic acids is 1. The fraction of sp³-hybridized carbons (Fsp3) is 0.286. The minimum atomic E-state index is -4.62. The number of rotatable bonds is 4. The average molecular weight is 444 g/mol. The number of hydrogen-bond acceptors (Lipinski definition) is 7. The molecular formula is C21H19F3N6O2. The predicted molar refractivity (Wildman–Crippen MR) is 110 cm³/mol. The number of halogens is 3. The third kappa shape index (κ3) is 4.83. The molecule has 1 fully saturated rings. The zero-order valence-electron chi connectivity index (χ0n) is 17.1. The highest BCUT2D eigenvalue weighted by molar-refractivity contribution is 6.03. The first kappa shape index (κ1) is 21.6. The van der Waals surface area contributed by atoms with Gasteiger partial charge in [0.25, 0.3) is 5.91 Å². The van der Waals surface area contributed by atoms with Gasteiger partial charge >= 0.3 is 6.18 Å². The van der Waals surface area contributed by atoms with Crippen molar-refractivity contribution >= 4 is 17.4 Å². The number of carbonyl (C=O) groups is 1. The Morgan fingerprint density at radius 3 is 2.56 bits per heavy atom. The summed E-state index contributed by atoms with van der Waals surface area (Å²) < 4.78 is 44.0. The monoisotopic (exact) mass is 444 g/mol. The van der Waals surface area contributed by atoms with Gasteiger partial charge in [0.15, 0.2) is 11.5 Å². The molecule has 11 heteroatoms. The number of hydrogen-bond donors (Lipinski definition) is 1. The van der Waals surface area contributed by atoms with Crippen LogP contribution in [0.3, 0.4) is 0 Å². The van der Waals surface area contributed by atoms with Crippen LogP contribution in [0.2, 0.25) is 0 Å². The second-order valence-corrected chi connectivity index (χ2v) is 7.21. The van der Waals surface area contributed by atoms with Gasteiger partial charge in [-0.15, -0.1) is 10.2 Å². The summed E-state index contributed by atoms with van der Waals surface area (Å²) in [5, 5.41) is 17.7. The minimum absolute atomic E-state index is 0.402. The van der Waals surface area contributed by atoms with E-state index in [9.17, 15) is 18.0 Å². The highest BCUT2D eigenvalue weighted by Gasteiger charge is 2.32. The van der Waals surface area contributed by atoms with E-state index in [4.69, 9.17) is 4.74 Å². The second-order valence-electron chi connectivity index (χ2n) is 7.21. The molecule has 1 amide bonds. The molecule has 166 valence electrons. The number of alkyl halides is 3. The van der Waals surface area contributed by atoms with E-state index in [1.165, 1.54) is 0 Å². The normalized spacial score (nSPS) is 14.3. The molecule has 0 radical (unpaired) electrons. The Hall–Kier alpha value is -3.60. The standard InChI is InChI=1S/C21H19F3N6O2/c1-13-2-3-16(27-20(31)18-9-15(12-26-28-18)21(22,23)24)10-17(13)14-8-19(29-25-11-14)30-4-6-32-7-5-30/h2-3,8-12H,4-7H2,1H3,(H,27,31). The van der Waals surface area contributed by atoms with E-state index >= 15 is 0 Å². The smallest absolute Gasteiger partial charge is 0.378 e. The Balaban J connectivity index is 1.58. The maximum atomic E-state index is 12.9. The Morgan fingerprint density at radius 2 is 1.81 bits per heavy atom. The molecule has 3 aromatic rings. The van der Waals surface area contributed by atoms with Crippen LogP contribution in [0.4, 0.5) is 24.7 Å². The van der Waals surface area contributed by atoms with Crippen LogP contribution in [0.1, 0.15) is 21.6 Å². The van der Waals surface area contributed by atoms with Crippen LogP contribution in [0.5, 0.6) is 0 Å². The maximum absolute atomic E-state index is 12.9. The molecule has 0 aliphatic carbocycles. The summed E-state index contributed by atoms with van der Waals surface area (Å²) >= 11 is 0. The van der Waals surface area contributed by atoms with Crippen molar-refractivity contribution in [2.75, 3.05) is 36.5 Å². The first-order chi connectivity index (χ1) is 15.3. The third-order valence-corrected chi connectivity index (χ3v) is 5.00. The molecule has 0 saturated carbocycles. The summed E-state index contributed by atoms with van der Waals surface area (Å²) in [7, 11) is 0. The number of amides is 1. The van der Waals surface area contributed by atoms with Gasteiger partial charge < -0.3 is 15.0 Å². The topological polar surface area (TPSA) is 93.1 Å². The molecule has 0 spiro atoms. The molecule has 1 N–H and O–H groups in total. The van der Waals surface area contributed by atoms with Crippen LogP contribution in [-0.4, -0.2) is 52.6 Å². The first-order valence-corrected chi connectivity index (χ1v) is 9.79. The molecule has 0 unspecified atom stereocenters. The van der Waals surface area contributed by atoms with Gasteiger partial charge in [-0.25, -0.2) is 0 Å². The molecule has 0 atom stereocenters. The minimum Gasteiger partial charge on any atom is -0.378 e. The van der Waals surface area contributed by atoms with Crippen molar-refractivity contribution in [2.24, 2.45) is 0 Å². The molecule has 4 rings (SSSR count). The lowest BCUT2D eigenvalue weighted by atomic mass is 10.0. The Morgan fingerprint density at radius 1 is 1.06 bits per heavy atom. The number of ether oxygens (including phenoxy) is 1. The van der Waals surface area contributed by atoms with Gasteiger partial charge in [0.2, 0.25) is 0 Å². The van der Waals surface area contributed by atoms with Gasteiger partial charge in [0.05, 0.1) is 31.2 Å². The van der Waals surface area contributed by atoms with Crippen molar-refractivity contribution in [3.05, 3.63) is 59.5 Å². The van der Waals surface area contributed by atoms with Crippen molar-refractivity contribution in [3.8, 4) is 11.1 Å². The van der Waals surface area contributed by atoms with Crippen molar-refractivity contribution in [1.29, 1.82) is 0 Å². The summed E-state index contributed by atoms with van der Waals surface area (Å²) in [4.78, 5) is 14.5. The van der Waals surface area contributed by atoms with Crippen molar-refractivity contribution in [3.63, 3.8) is 0 Å². The molecule has 8 nitrogen and oxygen atoms in total. The Bertz CT molecular complexity index is 1130. The summed E-state index contributed by atoms with van der Waals surface area (Å²) in [5.41, 5.74) is 1.47. The quantitative estimate of drug-likeness (QED) is 0.660. The molecule has 1 saturated heterocycles. The zero-order chi connectivity index (χ0) is 22.7. The van der Waals surface area contributed by atoms with E-state index in [1.807, 2.05) is 13.0 Å². The van der Waals surface area contributed by atoms with E-state index in [0.29, 0.717) is 44.3 Å². The number of nitrogens with one attached hydrogen (secondary N) is 1. The SMILES string of the molecule is Cc1ccc(NC(=O)c2cc(C(F)(F)F)cnn2)cc1-c1cnnc(N2CCOCC2)c1. The van der Waals surface area contributed by atoms with Crippen LogP contribution in [0, 0.1) is 6.92 Å². The van der Waals surface area contributed by atoms with Crippen LogP contribution in [0.15, 0.2) is 42.7 Å². The molecule has 32 heavy (non-hydrogen) atoms. The van der Waals surface area contributed by atoms with E-state index in [0.717, 1.165) is 22.5 Å². The number of benzene rings is 1. The second kappa shape index (κ2) is 8.87. The van der Waals surface area contributed by atoms with Crippen molar-refractivity contribution in [1.82, 2.24) is 20.4 Å². The third-order valence-electron chi connectivity index (χ3n) is 5.00. The fourth-order valence-electron chi connectivity index (χ4n) is 3.29. The van der Waals surface area contributed by atoms with E-state index < -0.39 is 23.3 Å². The molecular weight excluding hydrogens is 425 g/mol. The molecule has 2 aromatic heterocycles. The van der Waals surface area contributed by atoms with Crippen molar-refractivity contribution < 1.29 is 22.7 Å². The zero-order valence-corrected chi connectivity index (χ0v) is 17.1. The average Bonchev–Trinajstić information content (AvgIpc) is 2.80. The number of aromatic nitrogens is 4. The number of aryl methyl sites for hydroxylation is 1. The summed E-state index contributed by atoms with van der Waals surface area (Å²) in [6.07, 6.45) is -2.42. The first-order valence-electron chi connectivity index (χ1n) is 9.79. The van der Waals surface area contributed by atoms with Crippen LogP contribution < -0.4 is 10.2 Å². The molecule has 1 aliphatic rings. The molecule has 3 heterocycles. The van der Waals surface area contributed by atoms with Gasteiger partial charge in [0, 0.05) is 24.3 Å². The highest BCUT2D eigenvalue weighted by Crippen LogP contribution is 2.30. The molecule has 1 aliphatic heterocycles. The Kier molecular flexibility index (Phi) is 5.99. The van der Waals surface area contributed by atoms with Gasteiger partial charge in [-0.05, 0) is 42.3 Å². The molecule has 1 aromatic carbocycles. The van der Waals surface area contributed by atoms with Crippen LogP contribution in [0.25, 0.3) is 11.1 Å². The number of nitrogens with zero attached hydrogens (tertiary/aromatic N) is 5. The van der Waals surface area contributed by atoms with Gasteiger partial charge in [-0.1, -0.05) is 6.07 Å². The Labute approximate surface area is 181 Å².